The summed E-state index contributed by atoms with van der Waals surface area (Å²) in [5, 5.41) is 4.87. The van der Waals surface area contributed by atoms with Gasteiger partial charge in [0.2, 0.25) is 0 Å². The standard InChI is InChI=1S/C17H23ClN2S/c1-16(2)8-12-9-17(3,10-16)11-20(12)15(21)19-14-7-5-4-6-13(14)18/h4-7,12H,8-11H2,1-3H3,(H,19,21). The Morgan fingerprint density at radius 2 is 2.00 bits per heavy atom. The van der Waals surface area contributed by atoms with Crippen LogP contribution in [0.15, 0.2) is 24.3 Å². The third-order valence-electron chi connectivity index (χ3n) is 4.79. The number of nitrogens with zero attached hydrogens (tertiary/aromatic N) is 1. The summed E-state index contributed by atoms with van der Waals surface area (Å²) in [4.78, 5) is 2.38. The van der Waals surface area contributed by atoms with Crippen molar-refractivity contribution < 1.29 is 0 Å². The van der Waals surface area contributed by atoms with Crippen LogP contribution in [0.5, 0.6) is 0 Å². The van der Waals surface area contributed by atoms with E-state index in [4.69, 9.17) is 23.8 Å². The predicted molar refractivity (Wildman–Crippen MR) is 93.9 cm³/mol. The molecule has 1 N–H and O–H groups in total. The average molecular weight is 323 g/mol. The summed E-state index contributed by atoms with van der Waals surface area (Å²) >= 11 is 11.9. The highest BCUT2D eigenvalue weighted by atomic mass is 35.5. The summed E-state index contributed by atoms with van der Waals surface area (Å²) in [6.07, 6.45) is 3.75. The van der Waals surface area contributed by atoms with E-state index in [2.05, 4.69) is 31.0 Å². The number of fused-ring (bicyclic) bond motifs is 2. The lowest BCUT2D eigenvalue weighted by molar-refractivity contribution is 0.132. The van der Waals surface area contributed by atoms with Gasteiger partial charge in [-0.2, -0.15) is 0 Å². The SMILES string of the molecule is CC1(C)CC2CC(C)(CN2C(=S)Nc2ccccc2Cl)C1. The van der Waals surface area contributed by atoms with Gasteiger partial charge in [0.1, 0.15) is 0 Å². The molecule has 1 aromatic carbocycles. The van der Waals surface area contributed by atoms with Crippen molar-refractivity contribution >= 4 is 34.6 Å². The highest BCUT2D eigenvalue weighted by Crippen LogP contribution is 2.52. The molecule has 0 amide bonds. The molecule has 4 heteroatoms. The van der Waals surface area contributed by atoms with Gasteiger partial charge in [-0.3, -0.25) is 0 Å². The van der Waals surface area contributed by atoms with Gasteiger partial charge in [-0.15, -0.1) is 0 Å². The smallest absolute Gasteiger partial charge is 0.173 e. The van der Waals surface area contributed by atoms with E-state index < -0.39 is 0 Å². The van der Waals surface area contributed by atoms with Crippen LogP contribution >= 0.6 is 23.8 Å². The summed E-state index contributed by atoms with van der Waals surface area (Å²) in [7, 11) is 0. The van der Waals surface area contributed by atoms with Gasteiger partial charge in [-0.1, -0.05) is 44.5 Å². The molecule has 1 aromatic rings. The molecule has 1 heterocycles. The Bertz CT molecular complexity index is 572. The first-order valence-corrected chi connectivity index (χ1v) is 8.39. The molecule has 2 atom stereocenters. The molecule has 1 aliphatic heterocycles. The molecule has 2 bridgehead atoms. The van der Waals surface area contributed by atoms with Gasteiger partial charge in [0.25, 0.3) is 0 Å². The molecule has 3 rings (SSSR count). The maximum Gasteiger partial charge on any atom is 0.173 e. The van der Waals surface area contributed by atoms with E-state index >= 15 is 0 Å². The maximum absolute atomic E-state index is 6.22. The summed E-state index contributed by atoms with van der Waals surface area (Å²) in [6.45, 7) is 8.22. The van der Waals surface area contributed by atoms with Crippen LogP contribution in [-0.2, 0) is 0 Å². The second-order valence-electron chi connectivity index (χ2n) is 7.75. The number of thiocarbonyl (C=S) groups is 1. The summed E-state index contributed by atoms with van der Waals surface area (Å²) in [5.74, 6) is 0. The molecular weight excluding hydrogens is 300 g/mol. The van der Waals surface area contributed by atoms with Crippen molar-refractivity contribution in [2.24, 2.45) is 10.8 Å². The van der Waals surface area contributed by atoms with Crippen LogP contribution in [0.4, 0.5) is 5.69 Å². The number of hydrogen-bond donors (Lipinski definition) is 1. The van der Waals surface area contributed by atoms with Crippen LogP contribution in [0.2, 0.25) is 5.02 Å². The molecule has 21 heavy (non-hydrogen) atoms. The summed E-state index contributed by atoms with van der Waals surface area (Å²) in [5.41, 5.74) is 1.69. The fourth-order valence-electron chi connectivity index (χ4n) is 4.45. The zero-order valence-electron chi connectivity index (χ0n) is 12.9. The number of nitrogens with one attached hydrogen (secondary N) is 1. The fraction of sp³-hybridized carbons (Fsp3) is 0.588. The molecule has 2 nitrogen and oxygen atoms in total. The topological polar surface area (TPSA) is 15.3 Å². The monoisotopic (exact) mass is 322 g/mol. The number of para-hydroxylation sites is 1. The zero-order chi connectivity index (χ0) is 15.3. The van der Waals surface area contributed by atoms with Crippen molar-refractivity contribution in [3.8, 4) is 0 Å². The van der Waals surface area contributed by atoms with Crippen molar-refractivity contribution in [1.82, 2.24) is 4.90 Å². The first-order chi connectivity index (χ1) is 9.78. The highest BCUT2D eigenvalue weighted by Gasteiger charge is 2.50. The molecule has 2 unspecified atom stereocenters. The van der Waals surface area contributed by atoms with Gasteiger partial charge in [-0.05, 0) is 54.4 Å². The largest absolute Gasteiger partial charge is 0.345 e. The Morgan fingerprint density at radius 1 is 1.29 bits per heavy atom. The molecule has 2 aliphatic rings. The fourth-order valence-corrected chi connectivity index (χ4v) is 4.95. The van der Waals surface area contributed by atoms with E-state index in [1.807, 2.05) is 24.3 Å². The van der Waals surface area contributed by atoms with Crippen LogP contribution in [0.3, 0.4) is 0 Å². The van der Waals surface area contributed by atoms with Crippen LogP contribution in [0.25, 0.3) is 0 Å². The normalized spacial score (nSPS) is 30.3. The van der Waals surface area contributed by atoms with E-state index in [-0.39, 0.29) is 0 Å². The molecule has 0 radical (unpaired) electrons. The molecular formula is C17H23ClN2S. The molecule has 0 aromatic heterocycles. The number of benzene rings is 1. The van der Waals surface area contributed by atoms with Crippen molar-refractivity contribution in [2.45, 2.75) is 46.1 Å². The van der Waals surface area contributed by atoms with Gasteiger partial charge in [0, 0.05) is 12.6 Å². The zero-order valence-corrected chi connectivity index (χ0v) is 14.5. The number of likely N-dealkylation sites (tertiary alicyclic amines) is 1. The van der Waals surface area contributed by atoms with E-state index in [9.17, 15) is 0 Å². The lowest BCUT2D eigenvalue weighted by Gasteiger charge is -2.39. The van der Waals surface area contributed by atoms with Crippen molar-refractivity contribution in [3.63, 3.8) is 0 Å². The van der Waals surface area contributed by atoms with Crippen LogP contribution < -0.4 is 5.32 Å². The first-order valence-electron chi connectivity index (χ1n) is 7.60. The molecule has 1 saturated heterocycles. The Kier molecular flexibility index (Phi) is 3.69. The number of halogens is 1. The molecule has 2 fully saturated rings. The average Bonchev–Trinajstić information content (AvgIpc) is 2.61. The van der Waals surface area contributed by atoms with E-state index in [0.29, 0.717) is 21.9 Å². The van der Waals surface area contributed by atoms with E-state index in [0.717, 1.165) is 17.3 Å². The van der Waals surface area contributed by atoms with Crippen LogP contribution in [0, 0.1) is 10.8 Å². The van der Waals surface area contributed by atoms with Gasteiger partial charge < -0.3 is 10.2 Å². The maximum atomic E-state index is 6.22. The van der Waals surface area contributed by atoms with Crippen LogP contribution in [0.1, 0.15) is 40.0 Å². The van der Waals surface area contributed by atoms with Gasteiger partial charge in [0.05, 0.1) is 10.7 Å². The third-order valence-corrected chi connectivity index (χ3v) is 5.46. The number of rotatable bonds is 1. The first kappa shape index (κ1) is 15.1. The van der Waals surface area contributed by atoms with Gasteiger partial charge in [0.15, 0.2) is 5.11 Å². The molecule has 1 saturated carbocycles. The van der Waals surface area contributed by atoms with Gasteiger partial charge in [-0.25, -0.2) is 0 Å². The van der Waals surface area contributed by atoms with Crippen molar-refractivity contribution in [3.05, 3.63) is 29.3 Å². The predicted octanol–water partition coefficient (Wildman–Crippen LogP) is 4.94. The Labute approximate surface area is 137 Å². The summed E-state index contributed by atoms with van der Waals surface area (Å²) < 4.78 is 0. The number of hydrogen-bond acceptors (Lipinski definition) is 1. The van der Waals surface area contributed by atoms with Gasteiger partial charge >= 0.3 is 0 Å². The minimum Gasteiger partial charge on any atom is -0.345 e. The lowest BCUT2D eigenvalue weighted by Crippen LogP contribution is -2.40. The lowest BCUT2D eigenvalue weighted by atomic mass is 9.65. The minimum atomic E-state index is 0.388. The van der Waals surface area contributed by atoms with Crippen molar-refractivity contribution in [1.29, 1.82) is 0 Å². The van der Waals surface area contributed by atoms with Crippen LogP contribution in [-0.4, -0.2) is 22.6 Å². The second kappa shape index (κ2) is 5.13. The Balaban J connectivity index is 1.76. The minimum absolute atomic E-state index is 0.388. The van der Waals surface area contributed by atoms with Crippen molar-refractivity contribution in [2.75, 3.05) is 11.9 Å². The number of anilines is 1. The van der Waals surface area contributed by atoms with E-state index in [1.165, 1.54) is 19.3 Å². The Morgan fingerprint density at radius 3 is 2.71 bits per heavy atom. The highest BCUT2D eigenvalue weighted by molar-refractivity contribution is 7.80. The molecule has 1 aliphatic carbocycles. The summed E-state index contributed by atoms with van der Waals surface area (Å²) in [6, 6.07) is 8.33. The van der Waals surface area contributed by atoms with E-state index in [1.54, 1.807) is 0 Å². The molecule has 0 spiro atoms. The second-order valence-corrected chi connectivity index (χ2v) is 8.55. The quantitative estimate of drug-likeness (QED) is 0.737. The molecule has 114 valence electrons. The Hall–Kier alpha value is -0.800. The third kappa shape index (κ3) is 3.04.